The molecule has 0 amide bonds. The van der Waals surface area contributed by atoms with Crippen molar-refractivity contribution in [3.63, 3.8) is 0 Å². The van der Waals surface area contributed by atoms with Crippen LogP contribution in [-0.2, 0) is 0 Å². The average Bonchev–Trinajstić information content (AvgIpc) is 3.03. The normalized spacial score (nSPS) is 11.4. The van der Waals surface area contributed by atoms with Gasteiger partial charge in [0, 0.05) is 0 Å². The number of aromatic amines is 1. The molecule has 0 saturated heterocycles. The number of hydrogen-bond donors (Lipinski definition) is 2. The maximum absolute atomic E-state index is 13.0. The fourth-order valence-corrected chi connectivity index (χ4v) is 2.41. The second-order valence-corrected chi connectivity index (χ2v) is 5.21. The van der Waals surface area contributed by atoms with Crippen LogP contribution in [0.15, 0.2) is 48.5 Å². The van der Waals surface area contributed by atoms with Crippen LogP contribution >= 0.6 is 0 Å². The van der Waals surface area contributed by atoms with Gasteiger partial charge in [0.05, 0.1) is 22.5 Å². The Balaban J connectivity index is 2.11. The second-order valence-electron chi connectivity index (χ2n) is 5.21. The minimum Gasteiger partial charge on any atom is -0.478 e. The molecule has 0 aliphatic rings. The molecule has 0 spiro atoms. The quantitative estimate of drug-likeness (QED) is 0.668. The Labute approximate surface area is 143 Å². The zero-order valence-electron chi connectivity index (χ0n) is 12.8. The van der Waals surface area contributed by atoms with Crippen molar-refractivity contribution in [2.45, 2.75) is 6.36 Å². The smallest absolute Gasteiger partial charge is 0.478 e. The Morgan fingerprint density at radius 2 is 1.81 bits per heavy atom. The second kappa shape index (κ2) is 6.51. The van der Waals surface area contributed by atoms with E-state index in [2.05, 4.69) is 14.9 Å². The van der Waals surface area contributed by atoms with Crippen LogP contribution in [0.25, 0.3) is 22.5 Å². The number of carbonyl (C=O) groups is 1. The van der Waals surface area contributed by atoms with Crippen molar-refractivity contribution in [2.24, 2.45) is 0 Å². The lowest BCUT2D eigenvalue weighted by Crippen LogP contribution is -2.18. The van der Waals surface area contributed by atoms with Crippen LogP contribution in [0, 0.1) is 5.82 Å². The number of halogens is 4. The van der Waals surface area contributed by atoms with Gasteiger partial charge >= 0.3 is 12.3 Å². The van der Waals surface area contributed by atoms with Crippen LogP contribution in [0.1, 0.15) is 10.4 Å². The fourth-order valence-electron chi connectivity index (χ4n) is 2.41. The molecule has 3 rings (SSSR count). The summed E-state index contributed by atoms with van der Waals surface area (Å²) in [4.78, 5) is 11.4. The third kappa shape index (κ3) is 3.66. The number of carboxylic acid groups (broad SMARTS) is 1. The lowest BCUT2D eigenvalue weighted by Gasteiger charge is -2.13. The van der Waals surface area contributed by atoms with E-state index in [0.29, 0.717) is 11.3 Å². The molecular formula is C17H10F4N2O3. The number of benzene rings is 2. The number of rotatable bonds is 4. The molecule has 0 radical (unpaired) electrons. The van der Waals surface area contributed by atoms with Crippen LogP contribution in [-0.4, -0.2) is 27.6 Å². The minimum atomic E-state index is -5.00. The zero-order chi connectivity index (χ0) is 18.9. The molecule has 0 fully saturated rings. The molecular weight excluding hydrogens is 356 g/mol. The zero-order valence-corrected chi connectivity index (χ0v) is 12.8. The van der Waals surface area contributed by atoms with E-state index in [1.165, 1.54) is 30.3 Å². The third-order valence-electron chi connectivity index (χ3n) is 3.47. The van der Waals surface area contributed by atoms with E-state index in [9.17, 15) is 27.5 Å². The average molecular weight is 366 g/mol. The largest absolute Gasteiger partial charge is 0.573 e. The van der Waals surface area contributed by atoms with E-state index < -0.39 is 29.5 Å². The van der Waals surface area contributed by atoms with Gasteiger partial charge in [-0.05, 0) is 48.0 Å². The van der Waals surface area contributed by atoms with Crippen LogP contribution in [0.2, 0.25) is 0 Å². The summed E-state index contributed by atoms with van der Waals surface area (Å²) in [6, 6.07) is 9.96. The highest BCUT2D eigenvalue weighted by atomic mass is 19.4. The number of carboxylic acids is 1. The summed E-state index contributed by atoms with van der Waals surface area (Å²) in [5.74, 6) is -2.57. The van der Waals surface area contributed by atoms with Gasteiger partial charge in [-0.1, -0.05) is 6.07 Å². The number of nitrogens with zero attached hydrogens (tertiary/aromatic N) is 1. The highest BCUT2D eigenvalue weighted by Crippen LogP contribution is 2.37. The predicted molar refractivity (Wildman–Crippen MR) is 83.1 cm³/mol. The SMILES string of the molecule is O=C(O)c1cccc(OC(F)(F)F)c1-c1cc(-c2ccc(F)cc2)[nH]n1. The van der Waals surface area contributed by atoms with E-state index in [1.807, 2.05) is 0 Å². The van der Waals surface area contributed by atoms with Crippen molar-refractivity contribution < 1.29 is 32.2 Å². The summed E-state index contributed by atoms with van der Waals surface area (Å²) < 4.78 is 54.9. The maximum atomic E-state index is 13.0. The van der Waals surface area contributed by atoms with Crippen molar-refractivity contribution in [1.29, 1.82) is 0 Å². The summed E-state index contributed by atoms with van der Waals surface area (Å²) >= 11 is 0. The first kappa shape index (κ1) is 17.5. The van der Waals surface area contributed by atoms with E-state index in [-0.39, 0.29) is 11.3 Å². The van der Waals surface area contributed by atoms with Gasteiger partial charge in [-0.15, -0.1) is 13.2 Å². The standard InChI is InChI=1S/C17H10F4N2O3/c18-10-6-4-9(5-7-10)12-8-13(23-22-12)15-11(16(24)25)2-1-3-14(15)26-17(19,20)21/h1-8H,(H,22,23)(H,24,25). The third-order valence-corrected chi connectivity index (χ3v) is 3.47. The van der Waals surface area contributed by atoms with Crippen molar-refractivity contribution in [3.05, 3.63) is 59.9 Å². The molecule has 1 heterocycles. The molecule has 0 bridgehead atoms. The molecule has 3 aromatic rings. The summed E-state index contributed by atoms with van der Waals surface area (Å²) in [6.07, 6.45) is -5.00. The van der Waals surface area contributed by atoms with Gasteiger partial charge < -0.3 is 9.84 Å². The number of ether oxygens (including phenoxy) is 1. The minimum absolute atomic E-state index is 0.0541. The lowest BCUT2D eigenvalue weighted by molar-refractivity contribution is -0.274. The highest BCUT2D eigenvalue weighted by molar-refractivity contribution is 5.97. The van der Waals surface area contributed by atoms with Gasteiger partial charge in [0.1, 0.15) is 11.6 Å². The van der Waals surface area contributed by atoms with Gasteiger partial charge in [0.15, 0.2) is 0 Å². The van der Waals surface area contributed by atoms with Crippen LogP contribution in [0.4, 0.5) is 17.6 Å². The van der Waals surface area contributed by atoms with E-state index in [1.54, 1.807) is 0 Å². The monoisotopic (exact) mass is 366 g/mol. The molecule has 0 unspecified atom stereocenters. The molecule has 1 aromatic heterocycles. The molecule has 9 heteroatoms. The Hall–Kier alpha value is -3.36. The molecule has 0 aliphatic heterocycles. The number of hydrogen-bond acceptors (Lipinski definition) is 3. The summed E-state index contributed by atoms with van der Waals surface area (Å²) in [6.45, 7) is 0. The van der Waals surface area contributed by atoms with Crippen LogP contribution in [0.3, 0.4) is 0 Å². The molecule has 26 heavy (non-hydrogen) atoms. The van der Waals surface area contributed by atoms with Crippen molar-refractivity contribution in [3.8, 4) is 28.3 Å². The Bertz CT molecular complexity index is 949. The van der Waals surface area contributed by atoms with Gasteiger partial charge in [-0.2, -0.15) is 5.10 Å². The molecule has 5 nitrogen and oxygen atoms in total. The number of aromatic nitrogens is 2. The first-order valence-electron chi connectivity index (χ1n) is 7.18. The Morgan fingerprint density at radius 1 is 1.12 bits per heavy atom. The topological polar surface area (TPSA) is 75.2 Å². The van der Waals surface area contributed by atoms with Gasteiger partial charge in [-0.3, -0.25) is 5.10 Å². The molecule has 0 atom stereocenters. The lowest BCUT2D eigenvalue weighted by atomic mass is 10.0. The molecule has 0 aliphatic carbocycles. The van der Waals surface area contributed by atoms with Gasteiger partial charge in [0.25, 0.3) is 0 Å². The van der Waals surface area contributed by atoms with Gasteiger partial charge in [0.2, 0.25) is 0 Å². The van der Waals surface area contributed by atoms with E-state index in [4.69, 9.17) is 0 Å². The first-order chi connectivity index (χ1) is 12.2. The summed E-state index contributed by atoms with van der Waals surface area (Å²) in [5.41, 5.74) is 0.127. The predicted octanol–water partition coefficient (Wildman–Crippen LogP) is 4.48. The number of H-pyrrole nitrogens is 1. The molecule has 0 saturated carbocycles. The Kier molecular flexibility index (Phi) is 4.37. The summed E-state index contributed by atoms with van der Waals surface area (Å²) in [7, 11) is 0. The fraction of sp³-hybridized carbons (Fsp3) is 0.0588. The van der Waals surface area contributed by atoms with E-state index >= 15 is 0 Å². The Morgan fingerprint density at radius 3 is 2.42 bits per heavy atom. The van der Waals surface area contributed by atoms with Crippen molar-refractivity contribution >= 4 is 5.97 Å². The van der Waals surface area contributed by atoms with Gasteiger partial charge in [-0.25, -0.2) is 9.18 Å². The number of alkyl halides is 3. The number of nitrogens with one attached hydrogen (secondary N) is 1. The van der Waals surface area contributed by atoms with Crippen LogP contribution in [0.5, 0.6) is 5.75 Å². The highest BCUT2D eigenvalue weighted by Gasteiger charge is 2.33. The molecule has 2 N–H and O–H groups in total. The van der Waals surface area contributed by atoms with Crippen molar-refractivity contribution in [2.75, 3.05) is 0 Å². The van der Waals surface area contributed by atoms with E-state index in [0.717, 1.165) is 18.2 Å². The maximum Gasteiger partial charge on any atom is 0.573 e. The summed E-state index contributed by atoms with van der Waals surface area (Å²) in [5, 5.41) is 15.8. The van der Waals surface area contributed by atoms with Crippen LogP contribution < -0.4 is 4.74 Å². The molecule has 2 aromatic carbocycles. The molecule has 134 valence electrons. The first-order valence-corrected chi connectivity index (χ1v) is 7.18. The number of aromatic carboxylic acids is 1. The van der Waals surface area contributed by atoms with Crippen molar-refractivity contribution in [1.82, 2.24) is 10.2 Å².